The van der Waals surface area contributed by atoms with Crippen molar-refractivity contribution in [1.29, 1.82) is 0 Å². The topological polar surface area (TPSA) is 59.1 Å². The lowest BCUT2D eigenvalue weighted by Gasteiger charge is -2.42. The third kappa shape index (κ3) is 6.13. The van der Waals surface area contributed by atoms with E-state index in [0.717, 1.165) is 44.6 Å². The van der Waals surface area contributed by atoms with Gasteiger partial charge in [-0.1, -0.05) is 30.3 Å². The standard InChI is InChI=1S/C27H35F3N4O2/c1-20-17-33(22-15-23(28)25(30)24(29)16-22)13-14-34(20)26(36)31-10-7-27(19-35)8-11-32(12-9-27)18-21-5-3-2-4-6-21/h2-6,15-16,20,35H,7-14,17-19H2,1H3,(H,31,36)/t20-/m1/s1. The van der Waals surface area contributed by atoms with Crippen molar-refractivity contribution in [3.05, 3.63) is 65.5 Å². The molecule has 0 aromatic heterocycles. The summed E-state index contributed by atoms with van der Waals surface area (Å²) in [7, 11) is 0. The third-order valence-corrected chi connectivity index (χ3v) is 7.65. The van der Waals surface area contributed by atoms with E-state index in [1.165, 1.54) is 5.56 Å². The van der Waals surface area contributed by atoms with Crippen LogP contribution in [0.5, 0.6) is 0 Å². The molecule has 0 radical (unpaired) electrons. The number of aliphatic hydroxyl groups is 1. The first-order chi connectivity index (χ1) is 17.3. The average Bonchev–Trinajstić information content (AvgIpc) is 2.88. The number of nitrogens with one attached hydrogen (secondary N) is 1. The fraction of sp³-hybridized carbons (Fsp3) is 0.519. The number of amides is 2. The van der Waals surface area contributed by atoms with Crippen molar-refractivity contribution in [3.8, 4) is 0 Å². The molecule has 0 unspecified atom stereocenters. The van der Waals surface area contributed by atoms with E-state index in [2.05, 4.69) is 22.3 Å². The molecule has 2 saturated heterocycles. The first kappa shape index (κ1) is 26.3. The number of rotatable bonds is 7. The second kappa shape index (κ2) is 11.5. The maximum absolute atomic E-state index is 13.6. The maximum atomic E-state index is 13.6. The van der Waals surface area contributed by atoms with Crippen molar-refractivity contribution in [3.63, 3.8) is 0 Å². The number of halogens is 3. The number of carbonyl (C=O) groups is 1. The number of piperazine rings is 1. The first-order valence-corrected chi connectivity index (χ1v) is 12.6. The highest BCUT2D eigenvalue weighted by Crippen LogP contribution is 2.34. The summed E-state index contributed by atoms with van der Waals surface area (Å²) in [6, 6.07) is 11.9. The molecule has 0 spiro atoms. The number of aliphatic hydroxyl groups excluding tert-OH is 1. The molecule has 2 aromatic rings. The Labute approximate surface area is 210 Å². The lowest BCUT2D eigenvalue weighted by molar-refractivity contribution is 0.0347. The van der Waals surface area contributed by atoms with Gasteiger partial charge in [0.15, 0.2) is 17.5 Å². The Morgan fingerprint density at radius 1 is 1.06 bits per heavy atom. The van der Waals surface area contributed by atoms with Gasteiger partial charge in [-0.3, -0.25) is 4.90 Å². The highest BCUT2D eigenvalue weighted by molar-refractivity contribution is 5.75. The molecule has 9 heteroatoms. The van der Waals surface area contributed by atoms with Crippen molar-refractivity contribution in [2.75, 3.05) is 50.8 Å². The van der Waals surface area contributed by atoms with E-state index in [-0.39, 0.29) is 29.8 Å². The SMILES string of the molecule is C[C@@H]1CN(c2cc(F)c(F)c(F)c2)CCN1C(=O)NCCC1(CO)CCN(Cc2ccccc2)CC1. The summed E-state index contributed by atoms with van der Waals surface area (Å²) >= 11 is 0. The monoisotopic (exact) mass is 504 g/mol. The number of hydrogen-bond acceptors (Lipinski definition) is 4. The highest BCUT2D eigenvalue weighted by atomic mass is 19.2. The van der Waals surface area contributed by atoms with Gasteiger partial charge < -0.3 is 20.2 Å². The summed E-state index contributed by atoms with van der Waals surface area (Å²) in [6.07, 6.45) is 2.47. The van der Waals surface area contributed by atoms with Crippen molar-refractivity contribution in [2.24, 2.45) is 5.41 Å². The van der Waals surface area contributed by atoms with Gasteiger partial charge in [0, 0.05) is 63.2 Å². The molecular formula is C27H35F3N4O2. The van der Waals surface area contributed by atoms with Gasteiger partial charge in [0.2, 0.25) is 0 Å². The Morgan fingerprint density at radius 2 is 1.72 bits per heavy atom. The van der Waals surface area contributed by atoms with Crippen LogP contribution >= 0.6 is 0 Å². The molecule has 0 bridgehead atoms. The van der Waals surface area contributed by atoms with Crippen molar-refractivity contribution in [2.45, 2.75) is 38.8 Å². The Bertz CT molecular complexity index is 1010. The van der Waals surface area contributed by atoms with Gasteiger partial charge in [0.05, 0.1) is 0 Å². The van der Waals surface area contributed by atoms with Gasteiger partial charge in [0.1, 0.15) is 0 Å². The van der Waals surface area contributed by atoms with Crippen molar-refractivity contribution >= 4 is 11.7 Å². The zero-order valence-corrected chi connectivity index (χ0v) is 20.7. The van der Waals surface area contributed by atoms with Crippen LogP contribution in [-0.2, 0) is 6.54 Å². The molecule has 2 N–H and O–H groups in total. The van der Waals surface area contributed by atoms with Gasteiger partial charge in [-0.05, 0) is 50.3 Å². The van der Waals surface area contributed by atoms with Gasteiger partial charge in [-0.15, -0.1) is 0 Å². The molecule has 1 atom stereocenters. The Kier molecular flexibility index (Phi) is 8.41. The highest BCUT2D eigenvalue weighted by Gasteiger charge is 2.34. The van der Waals surface area contributed by atoms with E-state index in [9.17, 15) is 23.1 Å². The Morgan fingerprint density at radius 3 is 2.33 bits per heavy atom. The predicted molar refractivity (Wildman–Crippen MR) is 133 cm³/mol. The number of likely N-dealkylation sites (tertiary alicyclic amines) is 1. The van der Waals surface area contributed by atoms with Gasteiger partial charge in [-0.25, -0.2) is 18.0 Å². The average molecular weight is 505 g/mol. The summed E-state index contributed by atoms with van der Waals surface area (Å²) in [6.45, 7) is 6.32. The summed E-state index contributed by atoms with van der Waals surface area (Å²) in [5.41, 5.74) is 1.36. The third-order valence-electron chi connectivity index (χ3n) is 7.65. The van der Waals surface area contributed by atoms with E-state index in [4.69, 9.17) is 0 Å². The van der Waals surface area contributed by atoms with Crippen molar-refractivity contribution < 1.29 is 23.1 Å². The summed E-state index contributed by atoms with van der Waals surface area (Å²) < 4.78 is 40.6. The summed E-state index contributed by atoms with van der Waals surface area (Å²) in [5, 5.41) is 13.1. The number of benzene rings is 2. The van der Waals surface area contributed by atoms with E-state index < -0.39 is 17.5 Å². The molecule has 4 rings (SSSR count). The lowest BCUT2D eigenvalue weighted by atomic mass is 9.76. The minimum Gasteiger partial charge on any atom is -0.396 e. The normalized spacial score (nSPS) is 20.4. The molecule has 2 aliphatic rings. The van der Waals surface area contributed by atoms with Crippen LogP contribution in [0, 0.1) is 22.9 Å². The minimum atomic E-state index is -1.48. The molecule has 2 aromatic carbocycles. The van der Waals surface area contributed by atoms with Gasteiger partial charge in [0.25, 0.3) is 0 Å². The zero-order chi connectivity index (χ0) is 25.7. The van der Waals surface area contributed by atoms with E-state index in [1.54, 1.807) is 9.80 Å². The van der Waals surface area contributed by atoms with Gasteiger partial charge >= 0.3 is 6.03 Å². The molecule has 6 nitrogen and oxygen atoms in total. The maximum Gasteiger partial charge on any atom is 0.317 e. The fourth-order valence-electron chi connectivity index (χ4n) is 5.27. The quantitative estimate of drug-likeness (QED) is 0.560. The zero-order valence-electron chi connectivity index (χ0n) is 20.7. The number of carbonyl (C=O) groups excluding carboxylic acids is 1. The molecule has 2 amide bonds. The molecule has 2 aliphatic heterocycles. The molecule has 0 aliphatic carbocycles. The molecule has 36 heavy (non-hydrogen) atoms. The van der Waals surface area contributed by atoms with Gasteiger partial charge in [-0.2, -0.15) is 0 Å². The van der Waals surface area contributed by atoms with Crippen LogP contribution in [0.4, 0.5) is 23.7 Å². The molecule has 2 fully saturated rings. The van der Waals surface area contributed by atoms with Crippen LogP contribution in [0.2, 0.25) is 0 Å². The Hall–Kier alpha value is -2.78. The fourth-order valence-corrected chi connectivity index (χ4v) is 5.27. The number of piperidine rings is 1. The summed E-state index contributed by atoms with van der Waals surface area (Å²) in [5.74, 6) is -3.92. The first-order valence-electron chi connectivity index (χ1n) is 12.6. The van der Waals surface area contributed by atoms with E-state index >= 15 is 0 Å². The van der Waals surface area contributed by atoms with E-state index in [1.807, 2.05) is 25.1 Å². The van der Waals surface area contributed by atoms with E-state index in [0.29, 0.717) is 32.6 Å². The van der Waals surface area contributed by atoms with Crippen LogP contribution in [0.15, 0.2) is 42.5 Å². The molecule has 0 saturated carbocycles. The molecule has 2 heterocycles. The lowest BCUT2D eigenvalue weighted by Crippen LogP contribution is -2.57. The van der Waals surface area contributed by atoms with Crippen LogP contribution < -0.4 is 10.2 Å². The molecule has 196 valence electrons. The summed E-state index contributed by atoms with van der Waals surface area (Å²) in [4.78, 5) is 18.7. The Balaban J connectivity index is 1.23. The van der Waals surface area contributed by atoms with Crippen LogP contribution in [0.25, 0.3) is 0 Å². The van der Waals surface area contributed by atoms with Crippen LogP contribution in [-0.4, -0.2) is 72.9 Å². The predicted octanol–water partition coefficient (Wildman–Crippen LogP) is 3.99. The minimum absolute atomic E-state index is 0.0991. The number of anilines is 1. The second-order valence-electron chi connectivity index (χ2n) is 10.1. The van der Waals surface area contributed by atoms with Crippen molar-refractivity contribution in [1.82, 2.24) is 15.1 Å². The number of nitrogens with zero attached hydrogens (tertiary/aromatic N) is 3. The number of hydrogen-bond donors (Lipinski definition) is 2. The largest absolute Gasteiger partial charge is 0.396 e. The number of urea groups is 1. The smallest absolute Gasteiger partial charge is 0.317 e. The van der Waals surface area contributed by atoms with Crippen LogP contribution in [0.1, 0.15) is 31.7 Å². The molecular weight excluding hydrogens is 469 g/mol. The van der Waals surface area contributed by atoms with Crippen LogP contribution in [0.3, 0.4) is 0 Å². The second-order valence-corrected chi connectivity index (χ2v) is 10.1.